The third-order valence-corrected chi connectivity index (χ3v) is 6.72. The van der Waals surface area contributed by atoms with Gasteiger partial charge >= 0.3 is 5.97 Å². The number of fused-ring (bicyclic) bond motifs is 1. The minimum Gasteiger partial charge on any atom is -0.491 e. The minimum atomic E-state index is -0.713. The summed E-state index contributed by atoms with van der Waals surface area (Å²) in [6, 6.07) is 14.5. The SMILES string of the molecule is CCOC(=O)C1=C(C)N=c2s/c(=C/c3cccc(Br)c3)c(=O)n2[C@H]1c1ccccc1OC(C)C. The number of esters is 1. The molecule has 4 rings (SSSR count). The lowest BCUT2D eigenvalue weighted by Gasteiger charge is -2.26. The van der Waals surface area contributed by atoms with Crippen LogP contribution in [-0.2, 0) is 9.53 Å². The summed E-state index contributed by atoms with van der Waals surface area (Å²) in [6.45, 7) is 7.63. The van der Waals surface area contributed by atoms with Crippen LogP contribution >= 0.6 is 27.3 Å². The summed E-state index contributed by atoms with van der Waals surface area (Å²) in [5.41, 5.74) is 2.24. The van der Waals surface area contributed by atoms with Gasteiger partial charge in [-0.05, 0) is 57.5 Å². The molecule has 0 bridgehead atoms. The molecule has 0 aliphatic carbocycles. The van der Waals surface area contributed by atoms with Crippen LogP contribution in [0.3, 0.4) is 0 Å². The van der Waals surface area contributed by atoms with Gasteiger partial charge in [0.15, 0.2) is 4.80 Å². The number of allylic oxidation sites excluding steroid dienone is 1. The molecule has 0 fully saturated rings. The fourth-order valence-corrected chi connectivity index (χ4v) is 5.36. The molecule has 1 aliphatic heterocycles. The molecule has 1 aliphatic rings. The van der Waals surface area contributed by atoms with Crippen molar-refractivity contribution in [3.8, 4) is 5.75 Å². The van der Waals surface area contributed by atoms with E-state index in [1.807, 2.05) is 68.5 Å². The van der Waals surface area contributed by atoms with Crippen LogP contribution in [0.15, 0.2) is 74.1 Å². The third kappa shape index (κ3) is 4.79. The molecule has 0 saturated heterocycles. The van der Waals surface area contributed by atoms with Gasteiger partial charge in [0.05, 0.1) is 28.5 Å². The molecule has 3 aromatic rings. The second kappa shape index (κ2) is 10.1. The molecule has 2 aromatic carbocycles. The normalized spacial score (nSPS) is 15.8. The highest BCUT2D eigenvalue weighted by Gasteiger charge is 2.35. The van der Waals surface area contributed by atoms with Gasteiger partial charge in [0.25, 0.3) is 5.56 Å². The average Bonchev–Trinajstić information content (AvgIpc) is 3.07. The maximum absolute atomic E-state index is 13.7. The fourth-order valence-electron chi connectivity index (χ4n) is 3.90. The number of ether oxygens (including phenoxy) is 2. The van der Waals surface area contributed by atoms with Gasteiger partial charge in [-0.1, -0.05) is 57.6 Å². The molecule has 0 spiro atoms. The smallest absolute Gasteiger partial charge is 0.338 e. The Kier molecular flexibility index (Phi) is 7.19. The van der Waals surface area contributed by atoms with Crippen LogP contribution in [-0.4, -0.2) is 23.2 Å². The van der Waals surface area contributed by atoms with E-state index in [1.165, 1.54) is 11.3 Å². The number of aromatic nitrogens is 1. The summed E-state index contributed by atoms with van der Waals surface area (Å²) >= 11 is 4.77. The Bertz CT molecular complexity index is 1450. The molecule has 6 nitrogen and oxygen atoms in total. The standard InChI is InChI=1S/C26H25BrN2O4S/c1-5-32-25(31)22-16(4)28-26-29(23(22)19-11-6-7-12-20(19)33-15(2)3)24(30)21(34-26)14-17-9-8-10-18(27)13-17/h6-15,23H,5H2,1-4H3/b21-14+/t23-/m0/s1. The highest BCUT2D eigenvalue weighted by atomic mass is 79.9. The predicted molar refractivity (Wildman–Crippen MR) is 137 cm³/mol. The van der Waals surface area contributed by atoms with E-state index in [1.54, 1.807) is 18.4 Å². The van der Waals surface area contributed by atoms with E-state index >= 15 is 0 Å². The number of benzene rings is 2. The zero-order chi connectivity index (χ0) is 24.4. The first-order valence-corrected chi connectivity index (χ1v) is 12.6. The minimum absolute atomic E-state index is 0.0790. The van der Waals surface area contributed by atoms with Crippen molar-refractivity contribution in [2.24, 2.45) is 4.99 Å². The van der Waals surface area contributed by atoms with Crippen LogP contribution in [0.4, 0.5) is 0 Å². The van der Waals surface area contributed by atoms with Crippen molar-refractivity contribution < 1.29 is 14.3 Å². The van der Waals surface area contributed by atoms with Gasteiger partial charge < -0.3 is 9.47 Å². The number of carbonyl (C=O) groups is 1. The lowest BCUT2D eigenvalue weighted by Crippen LogP contribution is -2.40. The van der Waals surface area contributed by atoms with Crippen molar-refractivity contribution in [2.45, 2.75) is 39.8 Å². The number of hydrogen-bond donors (Lipinski definition) is 0. The lowest BCUT2D eigenvalue weighted by atomic mass is 9.95. The van der Waals surface area contributed by atoms with Crippen molar-refractivity contribution in [3.63, 3.8) is 0 Å². The molecule has 0 N–H and O–H groups in total. The van der Waals surface area contributed by atoms with Gasteiger partial charge in [-0.25, -0.2) is 9.79 Å². The maximum atomic E-state index is 13.7. The molecule has 34 heavy (non-hydrogen) atoms. The van der Waals surface area contributed by atoms with Crippen molar-refractivity contribution in [1.82, 2.24) is 4.57 Å². The molecule has 0 unspecified atom stereocenters. The Hall–Kier alpha value is -2.97. The monoisotopic (exact) mass is 540 g/mol. The summed E-state index contributed by atoms with van der Waals surface area (Å²) < 4.78 is 14.5. The number of rotatable bonds is 6. The van der Waals surface area contributed by atoms with Crippen molar-refractivity contribution in [3.05, 3.63) is 95.1 Å². The Morgan fingerprint density at radius 3 is 2.71 bits per heavy atom. The lowest BCUT2D eigenvalue weighted by molar-refractivity contribution is -0.139. The number of nitrogens with zero attached hydrogens (tertiary/aromatic N) is 2. The molecule has 0 radical (unpaired) electrons. The first-order chi connectivity index (χ1) is 16.3. The topological polar surface area (TPSA) is 69.9 Å². The molecule has 2 heterocycles. The Balaban J connectivity index is 1.99. The van der Waals surface area contributed by atoms with E-state index in [0.29, 0.717) is 31.9 Å². The third-order valence-electron chi connectivity index (χ3n) is 5.24. The molecule has 8 heteroatoms. The van der Waals surface area contributed by atoms with Gasteiger partial charge in [-0.2, -0.15) is 0 Å². The quantitative estimate of drug-likeness (QED) is 0.436. The predicted octanol–water partition coefficient (Wildman–Crippen LogP) is 4.35. The van der Waals surface area contributed by atoms with Gasteiger partial charge in [-0.15, -0.1) is 0 Å². The number of para-hydroxylation sites is 1. The van der Waals surface area contributed by atoms with Crippen molar-refractivity contribution in [1.29, 1.82) is 0 Å². The van der Waals surface area contributed by atoms with Crippen molar-refractivity contribution in [2.75, 3.05) is 6.61 Å². The second-order valence-electron chi connectivity index (χ2n) is 8.06. The molecule has 0 saturated carbocycles. The molecular formula is C26H25BrN2O4S. The largest absolute Gasteiger partial charge is 0.491 e. The zero-order valence-electron chi connectivity index (χ0n) is 19.4. The molecule has 1 aromatic heterocycles. The summed E-state index contributed by atoms with van der Waals surface area (Å²) in [4.78, 5) is 31.9. The van der Waals surface area contributed by atoms with E-state index in [-0.39, 0.29) is 18.3 Å². The van der Waals surface area contributed by atoms with E-state index in [2.05, 4.69) is 20.9 Å². The van der Waals surface area contributed by atoms with E-state index < -0.39 is 12.0 Å². The van der Waals surface area contributed by atoms with Crippen LogP contribution in [0, 0.1) is 0 Å². The van der Waals surface area contributed by atoms with Gasteiger partial charge in [-0.3, -0.25) is 9.36 Å². The maximum Gasteiger partial charge on any atom is 0.338 e. The van der Waals surface area contributed by atoms with Gasteiger partial charge in [0.2, 0.25) is 0 Å². The number of carbonyl (C=O) groups excluding carboxylic acids is 1. The second-order valence-corrected chi connectivity index (χ2v) is 9.99. The first-order valence-electron chi connectivity index (χ1n) is 11.0. The van der Waals surface area contributed by atoms with Crippen LogP contribution in [0.2, 0.25) is 0 Å². The Labute approximate surface area is 210 Å². The highest BCUT2D eigenvalue weighted by molar-refractivity contribution is 9.10. The van der Waals surface area contributed by atoms with Crippen LogP contribution in [0.1, 0.15) is 44.9 Å². The summed E-state index contributed by atoms with van der Waals surface area (Å²) in [6.07, 6.45) is 1.76. The fraction of sp³-hybridized carbons (Fsp3) is 0.269. The molecule has 1 atom stereocenters. The molecular weight excluding hydrogens is 516 g/mol. The van der Waals surface area contributed by atoms with E-state index in [9.17, 15) is 9.59 Å². The average molecular weight is 541 g/mol. The molecule has 176 valence electrons. The summed E-state index contributed by atoms with van der Waals surface area (Å²) in [7, 11) is 0. The number of hydrogen-bond acceptors (Lipinski definition) is 6. The Morgan fingerprint density at radius 1 is 1.24 bits per heavy atom. The van der Waals surface area contributed by atoms with Gasteiger partial charge in [0.1, 0.15) is 11.8 Å². The number of halogens is 1. The molecule has 0 amide bonds. The van der Waals surface area contributed by atoms with Crippen LogP contribution in [0.5, 0.6) is 5.75 Å². The zero-order valence-corrected chi connectivity index (χ0v) is 21.8. The van der Waals surface area contributed by atoms with E-state index in [0.717, 1.165) is 10.0 Å². The van der Waals surface area contributed by atoms with Crippen molar-refractivity contribution >= 4 is 39.3 Å². The van der Waals surface area contributed by atoms with Gasteiger partial charge in [0, 0.05) is 10.0 Å². The number of thiazole rings is 1. The van der Waals surface area contributed by atoms with Crippen LogP contribution in [0.25, 0.3) is 6.08 Å². The van der Waals surface area contributed by atoms with E-state index in [4.69, 9.17) is 9.47 Å². The first kappa shape index (κ1) is 24.2. The summed E-state index contributed by atoms with van der Waals surface area (Å²) in [5, 5.41) is 0. The highest BCUT2D eigenvalue weighted by Crippen LogP contribution is 2.36. The van der Waals surface area contributed by atoms with Crippen LogP contribution < -0.4 is 19.6 Å². The Morgan fingerprint density at radius 2 is 2.00 bits per heavy atom. The summed E-state index contributed by atoms with van der Waals surface area (Å²) in [5.74, 6) is 0.120.